The van der Waals surface area contributed by atoms with Crippen LogP contribution in [-0.4, -0.2) is 0 Å². The summed E-state index contributed by atoms with van der Waals surface area (Å²) in [5.74, 6) is 0. The summed E-state index contributed by atoms with van der Waals surface area (Å²) < 4.78 is 38.7. The van der Waals surface area contributed by atoms with Crippen LogP contribution in [0.3, 0.4) is 0 Å². The van der Waals surface area contributed by atoms with Crippen molar-refractivity contribution >= 4 is 17.0 Å². The lowest BCUT2D eigenvalue weighted by Gasteiger charge is -2.17. The Hall–Kier alpha value is -2.00. The van der Waals surface area contributed by atoms with Crippen molar-refractivity contribution in [1.82, 2.24) is 0 Å². The number of hydrogen-bond acceptors (Lipinski definition) is 3. The molecule has 0 aliphatic rings. The molecule has 0 saturated carbocycles. The van der Waals surface area contributed by atoms with Gasteiger partial charge in [0.2, 0.25) is 0 Å². The van der Waals surface area contributed by atoms with Crippen molar-refractivity contribution in [2.45, 2.75) is 26.1 Å². The lowest BCUT2D eigenvalue weighted by atomic mass is 10.1. The Bertz CT molecular complexity index is 683. The first-order chi connectivity index (χ1) is 9.82. The second kappa shape index (κ2) is 5.78. The average Bonchev–Trinajstić information content (AvgIpc) is 2.84. The summed E-state index contributed by atoms with van der Waals surface area (Å²) in [7, 11) is 0. The molecular weight excluding hydrogens is 297 g/mol. The Balaban J connectivity index is 2.30. The third-order valence-corrected chi connectivity index (χ3v) is 4.33. The zero-order valence-electron chi connectivity index (χ0n) is 11.5. The maximum Gasteiger partial charge on any atom is 0.417 e. The molecule has 2 nitrogen and oxygen atoms in total. The van der Waals surface area contributed by atoms with E-state index in [9.17, 15) is 13.2 Å². The third-order valence-electron chi connectivity index (χ3n) is 3.12. The second-order valence-electron chi connectivity index (χ2n) is 4.70. The van der Waals surface area contributed by atoms with Crippen LogP contribution in [0.15, 0.2) is 29.6 Å². The maximum absolute atomic E-state index is 12.9. The van der Waals surface area contributed by atoms with Gasteiger partial charge in [-0.15, -0.1) is 11.3 Å². The van der Waals surface area contributed by atoms with E-state index in [-0.39, 0.29) is 11.6 Å². The van der Waals surface area contributed by atoms with Gasteiger partial charge in [0.15, 0.2) is 0 Å². The first-order valence-corrected chi connectivity index (χ1v) is 7.12. The van der Waals surface area contributed by atoms with Gasteiger partial charge in [-0.2, -0.15) is 18.4 Å². The summed E-state index contributed by atoms with van der Waals surface area (Å²) >= 11 is 1.56. The maximum atomic E-state index is 12.9. The number of rotatable bonds is 3. The fraction of sp³-hybridized carbons (Fsp3) is 0.267. The molecule has 1 aromatic carbocycles. The molecule has 21 heavy (non-hydrogen) atoms. The summed E-state index contributed by atoms with van der Waals surface area (Å²) in [6, 6.07) is 7.12. The van der Waals surface area contributed by atoms with E-state index in [1.807, 2.05) is 25.3 Å². The highest BCUT2D eigenvalue weighted by Crippen LogP contribution is 2.34. The van der Waals surface area contributed by atoms with E-state index in [4.69, 9.17) is 5.26 Å². The van der Waals surface area contributed by atoms with E-state index >= 15 is 0 Å². The van der Waals surface area contributed by atoms with Gasteiger partial charge in [0, 0.05) is 10.6 Å². The zero-order valence-corrected chi connectivity index (χ0v) is 12.3. The van der Waals surface area contributed by atoms with E-state index in [0.717, 1.165) is 16.5 Å². The quantitative estimate of drug-likeness (QED) is 0.854. The number of nitriles is 1. The molecule has 110 valence electrons. The minimum absolute atomic E-state index is 0.0981. The Labute approximate surface area is 124 Å². The van der Waals surface area contributed by atoms with E-state index in [0.29, 0.717) is 5.69 Å². The van der Waals surface area contributed by atoms with Gasteiger partial charge in [-0.25, -0.2) is 0 Å². The van der Waals surface area contributed by atoms with Crippen LogP contribution < -0.4 is 5.32 Å². The molecule has 1 aromatic heterocycles. The molecule has 1 N–H and O–H groups in total. The largest absolute Gasteiger partial charge is 0.417 e. The van der Waals surface area contributed by atoms with E-state index < -0.39 is 11.7 Å². The normalized spacial score (nSPS) is 12.8. The number of hydrogen-bond donors (Lipinski definition) is 1. The zero-order chi connectivity index (χ0) is 15.6. The molecule has 0 bridgehead atoms. The molecular formula is C15H13F3N2S. The molecule has 0 saturated heterocycles. The number of anilines is 1. The number of aryl methyl sites for hydroxylation is 1. The van der Waals surface area contributed by atoms with Crippen molar-refractivity contribution in [3.63, 3.8) is 0 Å². The average molecular weight is 310 g/mol. The van der Waals surface area contributed by atoms with E-state index in [2.05, 4.69) is 5.32 Å². The summed E-state index contributed by atoms with van der Waals surface area (Å²) in [5.41, 5.74) is 0.171. The second-order valence-corrected chi connectivity index (χ2v) is 5.65. The SMILES string of the molecule is Cc1ccsc1C(C)Nc1ccc(C#N)c(C(F)(F)F)c1. The van der Waals surface area contributed by atoms with Crippen molar-refractivity contribution in [2.75, 3.05) is 5.32 Å². The van der Waals surface area contributed by atoms with Gasteiger partial charge in [0.1, 0.15) is 0 Å². The van der Waals surface area contributed by atoms with Crippen LogP contribution in [0.5, 0.6) is 0 Å². The monoisotopic (exact) mass is 310 g/mol. The van der Waals surface area contributed by atoms with Crippen molar-refractivity contribution in [2.24, 2.45) is 0 Å². The Morgan fingerprint density at radius 3 is 2.52 bits per heavy atom. The molecule has 1 unspecified atom stereocenters. The van der Waals surface area contributed by atoms with Crippen LogP contribution in [0.1, 0.15) is 34.5 Å². The highest BCUT2D eigenvalue weighted by atomic mass is 32.1. The van der Waals surface area contributed by atoms with Crippen LogP contribution in [0.2, 0.25) is 0 Å². The summed E-state index contributed by atoms with van der Waals surface area (Å²) in [6.45, 7) is 3.86. The van der Waals surface area contributed by atoms with Gasteiger partial charge in [0.05, 0.1) is 23.2 Å². The Morgan fingerprint density at radius 2 is 2.00 bits per heavy atom. The highest BCUT2D eigenvalue weighted by molar-refractivity contribution is 7.10. The number of halogens is 3. The summed E-state index contributed by atoms with van der Waals surface area (Å²) in [6.07, 6.45) is -4.54. The lowest BCUT2D eigenvalue weighted by molar-refractivity contribution is -0.137. The van der Waals surface area contributed by atoms with E-state index in [1.165, 1.54) is 12.1 Å². The number of nitrogens with zero attached hydrogens (tertiary/aromatic N) is 1. The molecule has 0 aliphatic carbocycles. The van der Waals surface area contributed by atoms with E-state index in [1.54, 1.807) is 17.4 Å². The van der Waals surface area contributed by atoms with Gasteiger partial charge in [0.25, 0.3) is 0 Å². The molecule has 0 fully saturated rings. The first-order valence-electron chi connectivity index (χ1n) is 6.25. The molecule has 1 atom stereocenters. The van der Waals surface area contributed by atoms with Gasteiger partial charge in [-0.3, -0.25) is 0 Å². The van der Waals surface area contributed by atoms with Crippen molar-refractivity contribution < 1.29 is 13.2 Å². The van der Waals surface area contributed by atoms with Gasteiger partial charge in [-0.1, -0.05) is 0 Å². The predicted molar refractivity (Wildman–Crippen MR) is 77.3 cm³/mol. The molecule has 1 heterocycles. The topological polar surface area (TPSA) is 35.8 Å². The molecule has 2 aromatic rings. The van der Waals surface area contributed by atoms with Crippen molar-refractivity contribution in [3.05, 3.63) is 51.2 Å². The van der Waals surface area contributed by atoms with Crippen LogP contribution >= 0.6 is 11.3 Å². The Kier molecular flexibility index (Phi) is 4.24. The summed E-state index contributed by atoms with van der Waals surface area (Å²) in [5, 5.41) is 13.8. The number of alkyl halides is 3. The fourth-order valence-electron chi connectivity index (χ4n) is 2.11. The van der Waals surface area contributed by atoms with Crippen molar-refractivity contribution in [1.29, 1.82) is 5.26 Å². The number of nitrogens with one attached hydrogen (secondary N) is 1. The molecule has 0 spiro atoms. The molecule has 0 aliphatic heterocycles. The first kappa shape index (κ1) is 15.4. The minimum Gasteiger partial charge on any atom is -0.378 e. The number of thiophene rings is 1. The third kappa shape index (κ3) is 3.37. The summed E-state index contributed by atoms with van der Waals surface area (Å²) in [4.78, 5) is 1.08. The minimum atomic E-state index is -4.54. The van der Waals surface area contributed by atoms with Crippen LogP contribution in [-0.2, 0) is 6.18 Å². The van der Waals surface area contributed by atoms with Gasteiger partial charge < -0.3 is 5.32 Å². The predicted octanol–water partition coefficient (Wildman–Crippen LogP) is 5.12. The Morgan fingerprint density at radius 1 is 1.29 bits per heavy atom. The fourth-order valence-corrected chi connectivity index (χ4v) is 3.05. The van der Waals surface area contributed by atoms with Gasteiger partial charge >= 0.3 is 6.18 Å². The smallest absolute Gasteiger partial charge is 0.378 e. The number of benzene rings is 1. The lowest BCUT2D eigenvalue weighted by Crippen LogP contribution is -2.11. The van der Waals surface area contributed by atoms with Crippen LogP contribution in [0, 0.1) is 18.3 Å². The molecule has 2 rings (SSSR count). The highest BCUT2D eigenvalue weighted by Gasteiger charge is 2.33. The molecule has 6 heteroatoms. The standard InChI is InChI=1S/C15H13F3N2S/c1-9-5-6-21-14(9)10(2)20-12-4-3-11(8-19)13(7-12)15(16,17)18/h3-7,10,20H,1-2H3. The van der Waals surface area contributed by atoms with Crippen molar-refractivity contribution in [3.8, 4) is 6.07 Å². The molecule has 0 amide bonds. The van der Waals surface area contributed by atoms with Crippen LogP contribution in [0.25, 0.3) is 0 Å². The van der Waals surface area contributed by atoms with Gasteiger partial charge in [-0.05, 0) is 49.1 Å². The van der Waals surface area contributed by atoms with Crippen LogP contribution in [0.4, 0.5) is 18.9 Å². The molecule has 0 radical (unpaired) electrons.